The lowest BCUT2D eigenvalue weighted by Gasteiger charge is -2.37. The Balaban J connectivity index is 1.11. The summed E-state index contributed by atoms with van der Waals surface area (Å²) < 4.78 is 5.79. The molecule has 0 bridgehead atoms. The fourth-order valence-corrected chi connectivity index (χ4v) is 5.31. The number of aryl methyl sites for hydroxylation is 2. The van der Waals surface area contributed by atoms with E-state index in [1.165, 1.54) is 12.8 Å². The molecule has 34 heavy (non-hydrogen) atoms. The highest BCUT2D eigenvalue weighted by Gasteiger charge is 2.25. The van der Waals surface area contributed by atoms with Crippen molar-refractivity contribution in [1.82, 2.24) is 20.0 Å². The topological polar surface area (TPSA) is 65.0 Å². The normalized spacial score (nSPS) is 21.8. The van der Waals surface area contributed by atoms with Gasteiger partial charge in [-0.1, -0.05) is 17.2 Å². The molecule has 3 aliphatic heterocycles. The van der Waals surface area contributed by atoms with Crippen LogP contribution in [0.5, 0.6) is 0 Å². The third-order valence-electron chi connectivity index (χ3n) is 7.18. The van der Waals surface area contributed by atoms with Crippen LogP contribution in [0.3, 0.4) is 0 Å². The van der Waals surface area contributed by atoms with Crippen molar-refractivity contribution in [3.8, 4) is 0 Å². The third-order valence-corrected chi connectivity index (χ3v) is 7.18. The van der Waals surface area contributed by atoms with Crippen molar-refractivity contribution >= 4 is 17.5 Å². The maximum absolute atomic E-state index is 13.0. The predicted octanol–water partition coefficient (Wildman–Crippen LogP) is 2.36. The number of carbonyl (C=O) groups is 1. The first-order valence-corrected chi connectivity index (χ1v) is 12.6. The van der Waals surface area contributed by atoms with Gasteiger partial charge in [0.1, 0.15) is 0 Å². The summed E-state index contributed by atoms with van der Waals surface area (Å²) in [6.07, 6.45) is 2.81. The summed E-state index contributed by atoms with van der Waals surface area (Å²) in [7, 11) is 0. The molecule has 182 valence electrons. The molecule has 1 unspecified atom stereocenters. The Bertz CT molecular complexity index is 955. The maximum Gasteiger partial charge on any atom is 0.253 e. The van der Waals surface area contributed by atoms with Gasteiger partial charge >= 0.3 is 0 Å². The summed E-state index contributed by atoms with van der Waals surface area (Å²) in [5.74, 6) is 1.95. The van der Waals surface area contributed by atoms with Crippen LogP contribution >= 0.6 is 0 Å². The summed E-state index contributed by atoms with van der Waals surface area (Å²) in [6, 6.07) is 10.2. The van der Waals surface area contributed by atoms with Crippen molar-refractivity contribution in [2.45, 2.75) is 32.8 Å². The van der Waals surface area contributed by atoms with Crippen molar-refractivity contribution in [1.29, 1.82) is 0 Å². The van der Waals surface area contributed by atoms with Gasteiger partial charge in [0.25, 0.3) is 5.91 Å². The molecule has 0 aliphatic carbocycles. The zero-order chi connectivity index (χ0) is 23.5. The van der Waals surface area contributed by atoms with Crippen LogP contribution in [0, 0.1) is 13.8 Å². The molecule has 8 heteroatoms. The van der Waals surface area contributed by atoms with Crippen molar-refractivity contribution in [3.63, 3.8) is 0 Å². The molecule has 8 nitrogen and oxygen atoms in total. The number of hydrogen-bond acceptors (Lipinski definition) is 7. The summed E-state index contributed by atoms with van der Waals surface area (Å²) in [6.45, 7) is 13.0. The molecule has 3 saturated heterocycles. The average molecular weight is 465 g/mol. The zero-order valence-electron chi connectivity index (χ0n) is 20.4. The van der Waals surface area contributed by atoms with Crippen LogP contribution in [0.4, 0.5) is 11.6 Å². The molecular weight excluding hydrogens is 428 g/mol. The minimum Gasteiger partial charge on any atom is -0.377 e. The van der Waals surface area contributed by atoms with Crippen molar-refractivity contribution in [2.75, 3.05) is 75.3 Å². The third kappa shape index (κ3) is 5.33. The van der Waals surface area contributed by atoms with Gasteiger partial charge in [0.15, 0.2) is 11.6 Å². The lowest BCUT2D eigenvalue weighted by molar-refractivity contribution is 0.0712. The van der Waals surface area contributed by atoms with E-state index >= 15 is 0 Å². The molecule has 1 aromatic carbocycles. The second-order valence-corrected chi connectivity index (χ2v) is 9.83. The second-order valence-electron chi connectivity index (χ2n) is 9.83. The van der Waals surface area contributed by atoms with Crippen LogP contribution in [-0.4, -0.2) is 97.5 Å². The predicted molar refractivity (Wildman–Crippen MR) is 134 cm³/mol. The number of aromatic nitrogens is 2. The summed E-state index contributed by atoms with van der Waals surface area (Å²) in [5, 5.41) is 9.07. The van der Waals surface area contributed by atoms with Crippen molar-refractivity contribution in [2.24, 2.45) is 0 Å². The summed E-state index contributed by atoms with van der Waals surface area (Å²) >= 11 is 0. The first-order chi connectivity index (χ1) is 16.5. The Morgan fingerprint density at radius 3 is 2.00 bits per heavy atom. The monoisotopic (exact) mass is 464 g/mol. The Morgan fingerprint density at radius 2 is 1.47 bits per heavy atom. The Hall–Kier alpha value is -2.71. The van der Waals surface area contributed by atoms with E-state index in [0.717, 1.165) is 80.7 Å². The molecule has 3 fully saturated rings. The van der Waals surface area contributed by atoms with E-state index in [-0.39, 0.29) is 5.91 Å². The Morgan fingerprint density at radius 1 is 0.882 bits per heavy atom. The fourth-order valence-electron chi connectivity index (χ4n) is 5.31. The lowest BCUT2D eigenvalue weighted by Crippen LogP contribution is -2.49. The lowest BCUT2D eigenvalue weighted by atomic mass is 10.1. The second kappa shape index (κ2) is 10.3. The number of piperazine rings is 2. The highest BCUT2D eigenvalue weighted by molar-refractivity contribution is 5.94. The van der Waals surface area contributed by atoms with Crippen LogP contribution in [0.15, 0.2) is 30.3 Å². The molecule has 0 saturated carbocycles. The van der Waals surface area contributed by atoms with Crippen LogP contribution < -0.4 is 9.80 Å². The van der Waals surface area contributed by atoms with Gasteiger partial charge in [-0.15, -0.1) is 10.2 Å². The molecule has 4 heterocycles. The molecule has 1 amide bonds. The van der Waals surface area contributed by atoms with E-state index in [0.29, 0.717) is 19.2 Å². The minimum atomic E-state index is 0.117. The summed E-state index contributed by atoms with van der Waals surface area (Å²) in [4.78, 5) is 22.0. The van der Waals surface area contributed by atoms with Gasteiger partial charge in [0.2, 0.25) is 0 Å². The first-order valence-electron chi connectivity index (χ1n) is 12.6. The summed E-state index contributed by atoms with van der Waals surface area (Å²) in [5.41, 5.74) is 3.04. The molecule has 0 spiro atoms. The molecule has 1 aromatic heterocycles. The van der Waals surface area contributed by atoms with E-state index in [9.17, 15) is 4.79 Å². The number of anilines is 2. The van der Waals surface area contributed by atoms with E-state index < -0.39 is 0 Å². The fraction of sp³-hybridized carbons (Fsp3) is 0.577. The van der Waals surface area contributed by atoms with Gasteiger partial charge in [-0.3, -0.25) is 9.69 Å². The largest absolute Gasteiger partial charge is 0.377 e. The van der Waals surface area contributed by atoms with E-state index in [4.69, 9.17) is 4.74 Å². The van der Waals surface area contributed by atoms with Crippen LogP contribution in [-0.2, 0) is 4.74 Å². The number of nitrogens with zero attached hydrogens (tertiary/aromatic N) is 6. The van der Waals surface area contributed by atoms with Crippen LogP contribution in [0.1, 0.15) is 34.3 Å². The van der Waals surface area contributed by atoms with E-state index in [1.807, 2.05) is 30.9 Å². The number of ether oxygens (including phenoxy) is 1. The number of benzene rings is 1. The first kappa shape index (κ1) is 23.1. The smallest absolute Gasteiger partial charge is 0.253 e. The highest BCUT2D eigenvalue weighted by Crippen LogP contribution is 2.20. The average Bonchev–Trinajstić information content (AvgIpc) is 3.37. The molecule has 0 radical (unpaired) electrons. The molecule has 1 atom stereocenters. The van der Waals surface area contributed by atoms with Gasteiger partial charge in [0.05, 0.1) is 6.10 Å². The standard InChI is InChI=1S/C26H36N6O2/c1-20-16-21(2)18-22(17-20)26(33)32-13-11-31(12-14-32)25-6-5-24(27-28-25)30-9-7-29(8-10-30)19-23-4-3-15-34-23/h5-6,16-18,23H,3-4,7-15,19H2,1-2H3. The van der Waals surface area contributed by atoms with Crippen molar-refractivity contribution < 1.29 is 9.53 Å². The molecule has 0 N–H and O–H groups in total. The SMILES string of the molecule is Cc1cc(C)cc(C(=O)N2CCN(c3ccc(N4CCN(CC5CCCO5)CC4)nn3)CC2)c1. The zero-order valence-corrected chi connectivity index (χ0v) is 20.4. The van der Waals surface area contributed by atoms with E-state index in [1.54, 1.807) is 0 Å². The number of amides is 1. The van der Waals surface area contributed by atoms with Gasteiger partial charge in [-0.05, 0) is 51.0 Å². The van der Waals surface area contributed by atoms with Crippen LogP contribution in [0.2, 0.25) is 0 Å². The number of rotatable bonds is 5. The van der Waals surface area contributed by atoms with Gasteiger partial charge in [0, 0.05) is 71.1 Å². The quantitative estimate of drug-likeness (QED) is 0.673. The molecular formula is C26H36N6O2. The molecule has 2 aromatic rings. The maximum atomic E-state index is 13.0. The highest BCUT2D eigenvalue weighted by atomic mass is 16.5. The molecule has 3 aliphatic rings. The van der Waals surface area contributed by atoms with Gasteiger partial charge in [-0.2, -0.15) is 0 Å². The Labute approximate surface area is 202 Å². The number of carbonyl (C=O) groups excluding carboxylic acids is 1. The van der Waals surface area contributed by atoms with Crippen molar-refractivity contribution in [3.05, 3.63) is 47.0 Å². The van der Waals surface area contributed by atoms with E-state index in [2.05, 4.69) is 43.1 Å². The number of hydrogen-bond donors (Lipinski definition) is 0. The molecule has 5 rings (SSSR count). The minimum absolute atomic E-state index is 0.117. The van der Waals surface area contributed by atoms with Gasteiger partial charge < -0.3 is 19.4 Å². The Kier molecular flexibility index (Phi) is 6.97. The van der Waals surface area contributed by atoms with Gasteiger partial charge in [-0.25, -0.2) is 0 Å². The van der Waals surface area contributed by atoms with Crippen LogP contribution in [0.25, 0.3) is 0 Å².